The third-order valence-corrected chi connectivity index (χ3v) is 4.76. The van der Waals surface area contributed by atoms with Crippen LogP contribution in [0.3, 0.4) is 0 Å². The lowest BCUT2D eigenvalue weighted by Gasteiger charge is -2.24. The molecule has 0 radical (unpaired) electrons. The van der Waals surface area contributed by atoms with Gasteiger partial charge in [-0.05, 0) is 38.1 Å². The quantitative estimate of drug-likeness (QED) is 0.798. The third-order valence-electron chi connectivity index (χ3n) is 4.21. The lowest BCUT2D eigenvalue weighted by Crippen LogP contribution is -2.33. The van der Waals surface area contributed by atoms with E-state index in [9.17, 15) is 0 Å². The molecule has 1 aromatic carbocycles. The molecule has 1 aliphatic heterocycles. The minimum atomic E-state index is 0.420. The maximum Gasteiger partial charge on any atom is 0.124 e. The van der Waals surface area contributed by atoms with E-state index in [1.807, 2.05) is 18.2 Å². The highest BCUT2D eigenvalue weighted by molar-refractivity contribution is 6.35. The Bertz CT molecular complexity index is 608. The van der Waals surface area contributed by atoms with E-state index < -0.39 is 0 Å². The van der Waals surface area contributed by atoms with Crippen LogP contribution in [0.4, 0.5) is 0 Å². The van der Waals surface area contributed by atoms with Crippen LogP contribution in [0, 0.1) is 0 Å². The molecule has 5 heteroatoms. The Hall–Kier alpha value is -0.770. The fourth-order valence-corrected chi connectivity index (χ4v) is 3.69. The van der Waals surface area contributed by atoms with Crippen LogP contribution < -0.4 is 0 Å². The van der Waals surface area contributed by atoms with Gasteiger partial charge in [-0.1, -0.05) is 24.6 Å². The van der Waals surface area contributed by atoms with Crippen molar-refractivity contribution >= 4 is 34.2 Å². The van der Waals surface area contributed by atoms with Crippen LogP contribution in [0.5, 0.6) is 0 Å². The largest absolute Gasteiger partial charge is 0.324 e. The molecule has 1 aliphatic rings. The summed E-state index contributed by atoms with van der Waals surface area (Å²) in [7, 11) is 0. The highest BCUT2D eigenvalue weighted by Crippen LogP contribution is 2.28. The molecule has 1 aromatic heterocycles. The molecule has 0 saturated carbocycles. The fourth-order valence-electron chi connectivity index (χ4n) is 3.22. The van der Waals surface area contributed by atoms with Crippen LogP contribution in [0.1, 0.15) is 25.6 Å². The number of alkyl halides is 1. The normalized spacial score (nSPS) is 20.1. The molecule has 0 spiro atoms. The number of aromatic nitrogens is 2. The Morgan fingerprint density at radius 2 is 2.25 bits per heavy atom. The smallest absolute Gasteiger partial charge is 0.124 e. The number of nitrogens with zero attached hydrogens (tertiary/aromatic N) is 3. The van der Waals surface area contributed by atoms with Gasteiger partial charge >= 0.3 is 0 Å². The van der Waals surface area contributed by atoms with Gasteiger partial charge in [-0.3, -0.25) is 4.90 Å². The Kier molecular flexibility index (Phi) is 4.20. The van der Waals surface area contributed by atoms with Crippen LogP contribution in [0.15, 0.2) is 18.2 Å². The van der Waals surface area contributed by atoms with E-state index in [2.05, 4.69) is 21.4 Å². The van der Waals surface area contributed by atoms with Crippen molar-refractivity contribution in [3.8, 4) is 0 Å². The van der Waals surface area contributed by atoms with Crippen LogP contribution in [0.25, 0.3) is 11.0 Å². The third kappa shape index (κ3) is 2.43. The van der Waals surface area contributed by atoms with Crippen molar-refractivity contribution in [1.29, 1.82) is 0 Å². The lowest BCUT2D eigenvalue weighted by molar-refractivity contribution is 0.245. The standard InChI is InChI=1S/C15H19Cl2N3/c1-2-19-8-4-5-11(19)10-20-14(9-16)18-13-7-3-6-12(17)15(13)20/h3,6-7,11H,2,4-5,8-10H2,1H3. The average Bonchev–Trinajstić information content (AvgIpc) is 3.04. The zero-order chi connectivity index (χ0) is 14.1. The maximum absolute atomic E-state index is 6.37. The van der Waals surface area contributed by atoms with Crippen molar-refractivity contribution in [3.05, 3.63) is 29.0 Å². The van der Waals surface area contributed by atoms with E-state index in [-0.39, 0.29) is 0 Å². The maximum atomic E-state index is 6.37. The van der Waals surface area contributed by atoms with Crippen LogP contribution >= 0.6 is 23.2 Å². The van der Waals surface area contributed by atoms with Crippen molar-refractivity contribution < 1.29 is 0 Å². The second kappa shape index (κ2) is 5.92. The molecule has 1 atom stereocenters. The van der Waals surface area contributed by atoms with E-state index in [1.54, 1.807) is 0 Å². The van der Waals surface area contributed by atoms with Crippen molar-refractivity contribution in [2.75, 3.05) is 13.1 Å². The van der Waals surface area contributed by atoms with Gasteiger partial charge in [0, 0.05) is 12.6 Å². The number of halogens is 2. The highest BCUT2D eigenvalue weighted by Gasteiger charge is 2.25. The van der Waals surface area contributed by atoms with Crippen molar-refractivity contribution in [2.45, 2.75) is 38.2 Å². The summed E-state index contributed by atoms with van der Waals surface area (Å²) < 4.78 is 2.21. The topological polar surface area (TPSA) is 21.1 Å². The van der Waals surface area contributed by atoms with Gasteiger partial charge in [-0.15, -0.1) is 11.6 Å². The van der Waals surface area contributed by atoms with Crippen molar-refractivity contribution in [2.24, 2.45) is 0 Å². The summed E-state index contributed by atoms with van der Waals surface area (Å²) in [6.45, 7) is 5.44. The SMILES string of the molecule is CCN1CCCC1Cn1c(CCl)nc2cccc(Cl)c21. The molecule has 0 N–H and O–H groups in total. The number of hydrogen-bond donors (Lipinski definition) is 0. The van der Waals surface area contributed by atoms with E-state index in [0.717, 1.165) is 35.0 Å². The predicted octanol–water partition coefficient (Wildman–Crippen LogP) is 3.91. The molecule has 2 heterocycles. The first-order valence-corrected chi connectivity index (χ1v) is 8.09. The van der Waals surface area contributed by atoms with E-state index in [0.29, 0.717) is 11.9 Å². The molecule has 1 unspecified atom stereocenters. The van der Waals surface area contributed by atoms with Gasteiger partial charge in [-0.25, -0.2) is 4.98 Å². The molecular formula is C15H19Cl2N3. The Morgan fingerprint density at radius 1 is 1.40 bits per heavy atom. The number of likely N-dealkylation sites (tertiary alicyclic amines) is 1. The lowest BCUT2D eigenvalue weighted by atomic mass is 10.2. The molecule has 0 aliphatic carbocycles. The second-order valence-electron chi connectivity index (χ2n) is 5.30. The zero-order valence-electron chi connectivity index (χ0n) is 11.6. The molecule has 3 rings (SSSR count). The van der Waals surface area contributed by atoms with Gasteiger partial charge in [0.05, 0.1) is 21.9 Å². The first-order valence-electron chi connectivity index (χ1n) is 7.18. The Morgan fingerprint density at radius 3 is 3.00 bits per heavy atom. The summed E-state index contributed by atoms with van der Waals surface area (Å²) >= 11 is 12.4. The van der Waals surface area contributed by atoms with Crippen LogP contribution in [-0.2, 0) is 12.4 Å². The summed E-state index contributed by atoms with van der Waals surface area (Å²) in [4.78, 5) is 7.14. The summed E-state index contributed by atoms with van der Waals surface area (Å²) in [6, 6.07) is 6.43. The number of likely N-dealkylation sites (N-methyl/N-ethyl adjacent to an activating group) is 1. The zero-order valence-corrected chi connectivity index (χ0v) is 13.2. The number of para-hydroxylation sites is 1. The van der Waals surface area contributed by atoms with E-state index in [4.69, 9.17) is 23.2 Å². The van der Waals surface area contributed by atoms with Crippen molar-refractivity contribution in [3.63, 3.8) is 0 Å². The van der Waals surface area contributed by atoms with Gasteiger partial charge in [0.2, 0.25) is 0 Å². The van der Waals surface area contributed by atoms with Gasteiger partial charge in [-0.2, -0.15) is 0 Å². The fraction of sp³-hybridized carbons (Fsp3) is 0.533. The Labute approximate surface area is 129 Å². The summed E-state index contributed by atoms with van der Waals surface area (Å²) in [5.41, 5.74) is 1.96. The van der Waals surface area contributed by atoms with Crippen molar-refractivity contribution in [1.82, 2.24) is 14.5 Å². The van der Waals surface area contributed by atoms with E-state index >= 15 is 0 Å². The molecule has 0 bridgehead atoms. The predicted molar refractivity (Wildman–Crippen MR) is 84.6 cm³/mol. The molecule has 108 valence electrons. The molecular weight excluding hydrogens is 293 g/mol. The molecule has 2 aromatic rings. The minimum absolute atomic E-state index is 0.420. The van der Waals surface area contributed by atoms with Gasteiger partial charge in [0.15, 0.2) is 0 Å². The van der Waals surface area contributed by atoms with E-state index in [1.165, 1.54) is 19.4 Å². The average molecular weight is 312 g/mol. The summed E-state index contributed by atoms with van der Waals surface area (Å²) in [5, 5.41) is 0.757. The number of fused-ring (bicyclic) bond motifs is 1. The summed E-state index contributed by atoms with van der Waals surface area (Å²) in [6.07, 6.45) is 2.51. The number of hydrogen-bond acceptors (Lipinski definition) is 2. The minimum Gasteiger partial charge on any atom is -0.324 e. The molecule has 1 fully saturated rings. The Balaban J connectivity index is 2.01. The molecule has 20 heavy (non-hydrogen) atoms. The van der Waals surface area contributed by atoms with Gasteiger partial charge in [0.25, 0.3) is 0 Å². The van der Waals surface area contributed by atoms with Gasteiger partial charge < -0.3 is 4.57 Å². The van der Waals surface area contributed by atoms with Gasteiger partial charge in [0.1, 0.15) is 5.82 Å². The number of benzene rings is 1. The monoisotopic (exact) mass is 311 g/mol. The number of rotatable bonds is 4. The first kappa shape index (κ1) is 14.2. The number of imidazole rings is 1. The van der Waals surface area contributed by atoms with Crippen LogP contribution in [0.2, 0.25) is 5.02 Å². The molecule has 3 nitrogen and oxygen atoms in total. The second-order valence-corrected chi connectivity index (χ2v) is 5.98. The first-order chi connectivity index (χ1) is 9.74. The highest BCUT2D eigenvalue weighted by atomic mass is 35.5. The summed E-state index contributed by atoms with van der Waals surface area (Å²) in [5.74, 6) is 1.34. The molecule has 1 saturated heterocycles. The van der Waals surface area contributed by atoms with Crippen LogP contribution in [-0.4, -0.2) is 33.6 Å². The molecule has 0 amide bonds.